The van der Waals surface area contributed by atoms with Crippen molar-refractivity contribution in [3.05, 3.63) is 24.3 Å². The average molecular weight is 190 g/mol. The Balaban J connectivity index is 2.26. The number of aromatic nitrogens is 4. The van der Waals surface area contributed by atoms with E-state index in [1.807, 2.05) is 0 Å². The van der Waals surface area contributed by atoms with Crippen molar-refractivity contribution in [1.29, 1.82) is 0 Å². The Morgan fingerprint density at radius 1 is 1.29 bits per heavy atom. The molecule has 0 saturated heterocycles. The molecule has 0 fully saturated rings. The van der Waals surface area contributed by atoms with Crippen LogP contribution in [0.2, 0.25) is 0 Å². The Kier molecular flexibility index (Phi) is 2.18. The smallest absolute Gasteiger partial charge is 0.298 e. The Morgan fingerprint density at radius 2 is 2.07 bits per heavy atom. The molecule has 1 heterocycles. The molecule has 0 radical (unpaired) electrons. The van der Waals surface area contributed by atoms with Crippen molar-refractivity contribution < 1.29 is 9.53 Å². The zero-order valence-corrected chi connectivity index (χ0v) is 7.04. The van der Waals surface area contributed by atoms with Crippen LogP contribution in [0.1, 0.15) is 0 Å². The van der Waals surface area contributed by atoms with E-state index in [0.717, 1.165) is 5.56 Å². The van der Waals surface area contributed by atoms with Gasteiger partial charge in [-0.2, -0.15) is 5.21 Å². The van der Waals surface area contributed by atoms with Gasteiger partial charge < -0.3 is 4.74 Å². The average Bonchev–Trinajstić information content (AvgIpc) is 2.72. The third-order valence-electron chi connectivity index (χ3n) is 1.64. The molecule has 0 aliphatic heterocycles. The molecule has 14 heavy (non-hydrogen) atoms. The van der Waals surface area contributed by atoms with E-state index in [4.69, 9.17) is 0 Å². The summed E-state index contributed by atoms with van der Waals surface area (Å²) in [6.07, 6.45) is 0. The van der Waals surface area contributed by atoms with E-state index in [1.165, 1.54) is 0 Å². The van der Waals surface area contributed by atoms with Crippen molar-refractivity contribution in [2.24, 2.45) is 0 Å². The minimum absolute atomic E-state index is 0.378. The second-order valence-electron chi connectivity index (χ2n) is 2.47. The summed E-state index contributed by atoms with van der Waals surface area (Å²) in [4.78, 5) is 10.0. The molecule has 70 valence electrons. The maximum Gasteiger partial charge on any atom is 0.298 e. The summed E-state index contributed by atoms with van der Waals surface area (Å²) in [6, 6.07) is 6.79. The lowest BCUT2D eigenvalue weighted by Crippen LogP contribution is -1.88. The van der Waals surface area contributed by atoms with Crippen LogP contribution in [-0.4, -0.2) is 27.1 Å². The van der Waals surface area contributed by atoms with Gasteiger partial charge in [0.25, 0.3) is 6.47 Å². The normalized spacial score (nSPS) is 9.71. The molecule has 6 heteroatoms. The summed E-state index contributed by atoms with van der Waals surface area (Å²) in [5, 5.41) is 13.4. The van der Waals surface area contributed by atoms with Crippen LogP contribution < -0.4 is 4.74 Å². The lowest BCUT2D eigenvalue weighted by molar-refractivity contribution is -0.120. The van der Waals surface area contributed by atoms with Crippen LogP contribution in [-0.2, 0) is 4.79 Å². The Labute approximate surface area is 78.9 Å². The maximum absolute atomic E-state index is 10.0. The van der Waals surface area contributed by atoms with Gasteiger partial charge in [-0.05, 0) is 29.5 Å². The molecule has 0 atom stereocenters. The molecule has 2 aromatic rings. The number of ether oxygens (including phenoxy) is 1. The molecule has 0 bridgehead atoms. The zero-order valence-electron chi connectivity index (χ0n) is 7.04. The van der Waals surface area contributed by atoms with Gasteiger partial charge in [-0.15, -0.1) is 10.2 Å². The molecule has 0 aliphatic carbocycles. The Hall–Kier alpha value is -2.24. The third-order valence-corrected chi connectivity index (χ3v) is 1.64. The van der Waals surface area contributed by atoms with Crippen LogP contribution in [0.25, 0.3) is 11.4 Å². The first-order valence-corrected chi connectivity index (χ1v) is 3.84. The number of aromatic amines is 1. The number of nitrogens with one attached hydrogen (secondary N) is 1. The first-order valence-electron chi connectivity index (χ1n) is 3.84. The largest absolute Gasteiger partial charge is 0.429 e. The molecule has 0 unspecified atom stereocenters. The summed E-state index contributed by atoms with van der Waals surface area (Å²) in [5.41, 5.74) is 0.803. The van der Waals surface area contributed by atoms with E-state index in [2.05, 4.69) is 25.4 Å². The Morgan fingerprint density at radius 3 is 2.64 bits per heavy atom. The highest BCUT2D eigenvalue weighted by Gasteiger charge is 2.01. The van der Waals surface area contributed by atoms with Crippen LogP contribution in [0, 0.1) is 0 Å². The van der Waals surface area contributed by atoms with Gasteiger partial charge in [-0.25, -0.2) is 0 Å². The van der Waals surface area contributed by atoms with Gasteiger partial charge in [0.1, 0.15) is 5.75 Å². The van der Waals surface area contributed by atoms with E-state index in [0.29, 0.717) is 18.0 Å². The van der Waals surface area contributed by atoms with Crippen molar-refractivity contribution in [2.75, 3.05) is 0 Å². The van der Waals surface area contributed by atoms with Gasteiger partial charge in [0, 0.05) is 5.56 Å². The predicted molar refractivity (Wildman–Crippen MR) is 46.3 cm³/mol. The van der Waals surface area contributed by atoms with Crippen molar-refractivity contribution in [3.63, 3.8) is 0 Å². The number of H-pyrrole nitrogens is 1. The highest BCUT2D eigenvalue weighted by molar-refractivity contribution is 5.56. The van der Waals surface area contributed by atoms with Gasteiger partial charge in [-0.1, -0.05) is 0 Å². The molecule has 1 aromatic carbocycles. The van der Waals surface area contributed by atoms with Gasteiger partial charge >= 0.3 is 0 Å². The monoisotopic (exact) mass is 190 g/mol. The Bertz CT molecular complexity index is 409. The quantitative estimate of drug-likeness (QED) is 0.708. The van der Waals surface area contributed by atoms with Crippen LogP contribution in [0.5, 0.6) is 5.75 Å². The third kappa shape index (κ3) is 1.58. The van der Waals surface area contributed by atoms with Crippen LogP contribution in [0.4, 0.5) is 0 Å². The number of hydrogen-bond acceptors (Lipinski definition) is 5. The molecule has 0 aliphatic rings. The molecule has 0 saturated carbocycles. The van der Waals surface area contributed by atoms with Crippen molar-refractivity contribution in [1.82, 2.24) is 20.6 Å². The number of rotatable bonds is 3. The van der Waals surface area contributed by atoms with Crippen molar-refractivity contribution in [2.45, 2.75) is 0 Å². The van der Waals surface area contributed by atoms with E-state index < -0.39 is 0 Å². The molecule has 1 N–H and O–H groups in total. The highest BCUT2D eigenvalue weighted by Crippen LogP contribution is 2.17. The summed E-state index contributed by atoms with van der Waals surface area (Å²) < 4.78 is 4.63. The second kappa shape index (κ2) is 3.65. The molecule has 1 aromatic heterocycles. The van der Waals surface area contributed by atoms with Gasteiger partial charge in [0.2, 0.25) is 5.82 Å². The molecule has 6 nitrogen and oxygen atoms in total. The van der Waals surface area contributed by atoms with E-state index in [1.54, 1.807) is 24.3 Å². The number of tetrazole rings is 1. The van der Waals surface area contributed by atoms with Crippen LogP contribution in [0.3, 0.4) is 0 Å². The topological polar surface area (TPSA) is 80.8 Å². The minimum Gasteiger partial charge on any atom is -0.429 e. The second-order valence-corrected chi connectivity index (χ2v) is 2.47. The van der Waals surface area contributed by atoms with Gasteiger partial charge in [-0.3, -0.25) is 4.79 Å². The first-order chi connectivity index (χ1) is 6.90. The fourth-order valence-electron chi connectivity index (χ4n) is 1.02. The first kappa shape index (κ1) is 8.36. The molecule has 2 rings (SSSR count). The van der Waals surface area contributed by atoms with E-state index in [9.17, 15) is 4.79 Å². The standard InChI is InChI=1S/C8H6N4O2/c13-5-14-7-3-1-6(2-4-7)8-9-11-12-10-8/h1-5H,(H,9,10,11,12). The number of carbonyl (C=O) groups is 1. The molecular formula is C8H6N4O2. The predicted octanol–water partition coefficient (Wildman–Crippen LogP) is 0.402. The lowest BCUT2D eigenvalue weighted by Gasteiger charge is -1.97. The van der Waals surface area contributed by atoms with Crippen LogP contribution in [0.15, 0.2) is 24.3 Å². The summed E-state index contributed by atoms with van der Waals surface area (Å²) >= 11 is 0. The fraction of sp³-hybridized carbons (Fsp3) is 0. The van der Waals surface area contributed by atoms with Gasteiger partial charge in [0.05, 0.1) is 0 Å². The van der Waals surface area contributed by atoms with Crippen molar-refractivity contribution in [3.8, 4) is 17.1 Å². The van der Waals surface area contributed by atoms with Gasteiger partial charge in [0.15, 0.2) is 0 Å². The zero-order chi connectivity index (χ0) is 9.80. The molecule has 0 spiro atoms. The summed E-state index contributed by atoms with van der Waals surface area (Å²) in [6.45, 7) is 0.378. The van der Waals surface area contributed by atoms with E-state index >= 15 is 0 Å². The lowest BCUT2D eigenvalue weighted by atomic mass is 10.2. The van der Waals surface area contributed by atoms with Crippen LogP contribution >= 0.6 is 0 Å². The molecule has 0 amide bonds. The minimum atomic E-state index is 0.378. The SMILES string of the molecule is O=COc1ccc(-c2nn[nH]n2)cc1. The number of carbonyl (C=O) groups excluding carboxylic acids is 1. The summed E-state index contributed by atoms with van der Waals surface area (Å²) in [5.74, 6) is 0.981. The molecular weight excluding hydrogens is 184 g/mol. The number of hydrogen-bond donors (Lipinski definition) is 1. The van der Waals surface area contributed by atoms with E-state index in [-0.39, 0.29) is 0 Å². The number of benzene rings is 1. The van der Waals surface area contributed by atoms with Crippen molar-refractivity contribution >= 4 is 6.47 Å². The maximum atomic E-state index is 10.0. The highest BCUT2D eigenvalue weighted by atomic mass is 16.5. The number of nitrogens with zero attached hydrogens (tertiary/aromatic N) is 3. The summed E-state index contributed by atoms with van der Waals surface area (Å²) in [7, 11) is 0. The fourth-order valence-corrected chi connectivity index (χ4v) is 1.02.